The monoisotopic (exact) mass is 346 g/mol. The third-order valence-corrected chi connectivity index (χ3v) is 6.46. The third kappa shape index (κ3) is 2.38. The summed E-state index contributed by atoms with van der Waals surface area (Å²) in [7, 11) is -2.72. The first-order valence-corrected chi connectivity index (χ1v) is 9.55. The maximum Gasteiger partial charge on any atom is 0.132 e. The van der Waals surface area contributed by atoms with Crippen molar-refractivity contribution in [3.63, 3.8) is 0 Å². The molecule has 0 bridgehead atoms. The molecule has 0 amide bonds. The zero-order valence-electron chi connectivity index (χ0n) is 13.3. The highest BCUT2D eigenvalue weighted by molar-refractivity contribution is 8.25. The van der Waals surface area contributed by atoms with E-state index in [2.05, 4.69) is 0 Å². The smallest absolute Gasteiger partial charge is 0.132 e. The molecule has 0 saturated carbocycles. The first-order valence-electron chi connectivity index (χ1n) is 7.87. The molecule has 0 radical (unpaired) electrons. The van der Waals surface area contributed by atoms with Crippen molar-refractivity contribution in [1.29, 1.82) is 0 Å². The Morgan fingerprint density at radius 1 is 1.08 bits per heavy atom. The maximum atomic E-state index is 14.0. The van der Waals surface area contributed by atoms with Gasteiger partial charge >= 0.3 is 0 Å². The number of aromatic nitrogens is 1. The van der Waals surface area contributed by atoms with Crippen molar-refractivity contribution in [3.8, 4) is 5.69 Å². The van der Waals surface area contributed by atoms with Crippen molar-refractivity contribution in [2.75, 3.05) is 16.6 Å². The van der Waals surface area contributed by atoms with Crippen LogP contribution in [0.4, 0.5) is 10.1 Å². The Morgan fingerprint density at radius 2 is 1.88 bits per heavy atom. The van der Waals surface area contributed by atoms with Gasteiger partial charge < -0.3 is 4.57 Å². The fourth-order valence-electron chi connectivity index (χ4n) is 3.36. The van der Waals surface area contributed by atoms with Crippen molar-refractivity contribution in [3.05, 3.63) is 60.0 Å². The molecule has 0 spiro atoms. The molecule has 4 nitrogen and oxygen atoms in total. The topological polar surface area (TPSA) is 48.6 Å². The predicted octanol–water partition coefficient (Wildman–Crippen LogP) is 4.95. The van der Waals surface area contributed by atoms with Gasteiger partial charge in [0.2, 0.25) is 0 Å². The van der Waals surface area contributed by atoms with Crippen LogP contribution in [0.15, 0.2) is 48.7 Å². The number of anilines is 1. The highest BCUT2D eigenvalue weighted by Gasteiger charge is 2.29. The molecular formula is C18H19FN2O2S. The zero-order chi connectivity index (χ0) is 16.9. The molecule has 126 valence electrons. The van der Waals surface area contributed by atoms with Crippen molar-refractivity contribution in [1.82, 2.24) is 4.57 Å². The second-order valence-electron chi connectivity index (χ2n) is 6.12. The minimum atomic E-state index is -2.72. The Bertz CT molecular complexity index is 923. The van der Waals surface area contributed by atoms with Crippen LogP contribution in [0.25, 0.3) is 16.6 Å². The van der Waals surface area contributed by atoms with E-state index < -0.39 is 10.8 Å². The molecule has 1 fully saturated rings. The highest BCUT2D eigenvalue weighted by Crippen LogP contribution is 2.51. The van der Waals surface area contributed by atoms with Crippen molar-refractivity contribution in [2.24, 2.45) is 0 Å². The molecule has 0 atom stereocenters. The molecular weight excluding hydrogens is 327 g/mol. The van der Waals surface area contributed by atoms with Gasteiger partial charge in [-0.1, -0.05) is 12.1 Å². The molecule has 0 aliphatic carbocycles. The number of aryl methyl sites for hydroxylation is 1. The summed E-state index contributed by atoms with van der Waals surface area (Å²) < 4.78 is 38.0. The fraction of sp³-hybridized carbons (Fsp3) is 0.222. The fourth-order valence-corrected chi connectivity index (χ4v) is 4.97. The standard InChI is InChI=1S/C18H19FN2O2S/c1-13-6-7-17(19)16-8-10-20(18(13)16)14-4-2-5-15(12-14)21-9-3-11-24(21,22)23/h2,4-8,10,12,22-23H,3,9,11H2,1H3. The largest absolute Gasteiger partial charge is 0.316 e. The molecule has 1 aromatic heterocycles. The summed E-state index contributed by atoms with van der Waals surface area (Å²) in [5, 5.41) is 0.589. The van der Waals surface area contributed by atoms with Crippen LogP contribution in [0.2, 0.25) is 0 Å². The van der Waals surface area contributed by atoms with Crippen LogP contribution in [-0.2, 0) is 0 Å². The molecule has 2 heterocycles. The SMILES string of the molecule is Cc1ccc(F)c2ccn(-c3cccc(N4CCCS4(O)O)c3)c12. The number of nitrogens with zero attached hydrogens (tertiary/aromatic N) is 2. The summed E-state index contributed by atoms with van der Waals surface area (Å²) in [4.78, 5) is 0. The Kier molecular flexibility index (Phi) is 3.56. The summed E-state index contributed by atoms with van der Waals surface area (Å²) in [6.45, 7) is 2.59. The lowest BCUT2D eigenvalue weighted by Gasteiger charge is -2.38. The average molecular weight is 346 g/mol. The summed E-state index contributed by atoms with van der Waals surface area (Å²) >= 11 is 0. The molecule has 2 N–H and O–H groups in total. The summed E-state index contributed by atoms with van der Waals surface area (Å²) in [5.74, 6) is 0.174. The van der Waals surface area contributed by atoms with Gasteiger partial charge in [-0.05, 0) is 49.2 Å². The molecule has 3 aromatic rings. The lowest BCUT2D eigenvalue weighted by Crippen LogP contribution is -2.21. The lowest BCUT2D eigenvalue weighted by molar-refractivity contribution is 0.491. The van der Waals surface area contributed by atoms with E-state index in [1.165, 1.54) is 6.07 Å². The molecule has 0 unspecified atom stereocenters. The van der Waals surface area contributed by atoms with E-state index in [4.69, 9.17) is 0 Å². The average Bonchev–Trinajstić information content (AvgIpc) is 3.15. The Morgan fingerprint density at radius 3 is 2.62 bits per heavy atom. The van der Waals surface area contributed by atoms with Crippen LogP contribution >= 0.6 is 10.8 Å². The number of benzene rings is 2. The van der Waals surface area contributed by atoms with E-state index in [-0.39, 0.29) is 5.82 Å². The number of hydrogen-bond acceptors (Lipinski definition) is 3. The molecule has 1 saturated heterocycles. The summed E-state index contributed by atoms with van der Waals surface area (Å²) in [6.07, 6.45) is 2.62. The summed E-state index contributed by atoms with van der Waals surface area (Å²) in [6, 6.07) is 12.7. The Hall–Kier alpha value is -2.02. The van der Waals surface area contributed by atoms with Gasteiger partial charge in [0, 0.05) is 23.8 Å². The first-order chi connectivity index (χ1) is 11.5. The van der Waals surface area contributed by atoms with Crippen molar-refractivity contribution < 1.29 is 13.5 Å². The minimum absolute atomic E-state index is 0.237. The van der Waals surface area contributed by atoms with Crippen LogP contribution in [0.5, 0.6) is 0 Å². The molecule has 2 aromatic carbocycles. The van der Waals surface area contributed by atoms with Crippen LogP contribution in [-0.4, -0.2) is 26.0 Å². The van der Waals surface area contributed by atoms with Gasteiger partial charge in [-0.3, -0.25) is 13.4 Å². The van der Waals surface area contributed by atoms with Crippen molar-refractivity contribution >= 4 is 27.4 Å². The minimum Gasteiger partial charge on any atom is -0.316 e. The molecule has 6 heteroatoms. The van der Waals surface area contributed by atoms with Gasteiger partial charge in [0.05, 0.1) is 17.0 Å². The van der Waals surface area contributed by atoms with E-state index >= 15 is 0 Å². The van der Waals surface area contributed by atoms with Gasteiger partial charge in [-0.2, -0.15) is 0 Å². The number of halogens is 1. The van der Waals surface area contributed by atoms with E-state index in [1.54, 1.807) is 16.4 Å². The van der Waals surface area contributed by atoms with E-state index in [1.807, 2.05) is 42.0 Å². The van der Waals surface area contributed by atoms with Crippen molar-refractivity contribution in [2.45, 2.75) is 13.3 Å². The van der Waals surface area contributed by atoms with E-state index in [0.717, 1.165) is 28.9 Å². The Labute approximate surface area is 141 Å². The third-order valence-electron chi connectivity index (χ3n) is 4.53. The van der Waals surface area contributed by atoms with Crippen LogP contribution in [0.3, 0.4) is 0 Å². The van der Waals surface area contributed by atoms with Crippen LogP contribution in [0, 0.1) is 12.7 Å². The maximum absolute atomic E-state index is 14.0. The molecule has 1 aliphatic rings. The number of hydrogen-bond donors (Lipinski definition) is 2. The van der Waals surface area contributed by atoms with E-state index in [0.29, 0.717) is 17.7 Å². The second kappa shape index (κ2) is 5.51. The molecule has 4 rings (SSSR count). The molecule has 1 aliphatic heterocycles. The highest BCUT2D eigenvalue weighted by atomic mass is 32.3. The van der Waals surface area contributed by atoms with Gasteiger partial charge in [-0.15, -0.1) is 10.8 Å². The van der Waals surface area contributed by atoms with Gasteiger partial charge in [0.1, 0.15) is 5.82 Å². The van der Waals surface area contributed by atoms with Crippen LogP contribution < -0.4 is 4.31 Å². The Balaban J connectivity index is 1.84. The first kappa shape index (κ1) is 15.5. The number of rotatable bonds is 2. The van der Waals surface area contributed by atoms with E-state index in [9.17, 15) is 13.5 Å². The normalized spacial score (nSPS) is 18.2. The van der Waals surface area contributed by atoms with Crippen LogP contribution in [0.1, 0.15) is 12.0 Å². The van der Waals surface area contributed by atoms with Gasteiger partial charge in [-0.25, -0.2) is 4.39 Å². The summed E-state index contributed by atoms with van der Waals surface area (Å²) in [5.41, 5.74) is 3.48. The number of fused-ring (bicyclic) bond motifs is 1. The van der Waals surface area contributed by atoms with Gasteiger partial charge in [0.25, 0.3) is 0 Å². The van der Waals surface area contributed by atoms with Gasteiger partial charge in [0.15, 0.2) is 0 Å². The second-order valence-corrected chi connectivity index (χ2v) is 8.24. The quantitative estimate of drug-likeness (QED) is 0.690. The molecule has 24 heavy (non-hydrogen) atoms. The predicted molar refractivity (Wildman–Crippen MR) is 97.6 cm³/mol. The zero-order valence-corrected chi connectivity index (χ0v) is 14.1. The lowest BCUT2D eigenvalue weighted by atomic mass is 10.1.